The van der Waals surface area contributed by atoms with Crippen LogP contribution in [-0.4, -0.2) is 51.4 Å². The highest BCUT2D eigenvalue weighted by Crippen LogP contribution is 2.22. The van der Waals surface area contributed by atoms with Gasteiger partial charge in [0.2, 0.25) is 0 Å². The van der Waals surface area contributed by atoms with E-state index in [1.807, 2.05) is 7.05 Å². The van der Waals surface area contributed by atoms with Crippen molar-refractivity contribution in [3.05, 3.63) is 0 Å². The maximum atomic E-state index is 11.7. The monoisotopic (exact) mass is 263 g/mol. The van der Waals surface area contributed by atoms with E-state index in [1.165, 1.54) is 0 Å². The molecule has 0 amide bonds. The molecule has 0 saturated carbocycles. The van der Waals surface area contributed by atoms with Crippen LogP contribution in [0.1, 0.15) is 19.8 Å². The van der Waals surface area contributed by atoms with Crippen molar-refractivity contribution in [2.24, 2.45) is 5.73 Å². The first-order valence-electron chi connectivity index (χ1n) is 5.63. The lowest BCUT2D eigenvalue weighted by molar-refractivity contribution is 0.218. The van der Waals surface area contributed by atoms with Crippen LogP contribution in [0.25, 0.3) is 0 Å². The van der Waals surface area contributed by atoms with E-state index in [0.717, 1.165) is 0 Å². The summed E-state index contributed by atoms with van der Waals surface area (Å²) in [5, 5.41) is 7.62. The Hall–Kier alpha value is -0.700. The molecule has 0 atom stereocenters. The summed E-state index contributed by atoms with van der Waals surface area (Å²) in [6.45, 7) is 3.44. The Morgan fingerprint density at radius 3 is 2.41 bits per heavy atom. The first-order valence-corrected chi connectivity index (χ1v) is 7.11. The van der Waals surface area contributed by atoms with E-state index in [9.17, 15) is 8.42 Å². The number of hydrogen-bond donors (Lipinski definition) is 4. The lowest BCUT2D eigenvalue weighted by Gasteiger charge is -2.39. The van der Waals surface area contributed by atoms with Crippen LogP contribution in [0.3, 0.4) is 0 Å². The van der Waals surface area contributed by atoms with Crippen molar-refractivity contribution in [2.75, 3.05) is 26.7 Å². The van der Waals surface area contributed by atoms with Crippen LogP contribution >= 0.6 is 0 Å². The number of amidine groups is 1. The molecule has 0 aromatic heterocycles. The number of hydrogen-bond acceptors (Lipinski definition) is 4. The lowest BCUT2D eigenvalue weighted by Crippen LogP contribution is -2.63. The van der Waals surface area contributed by atoms with Gasteiger partial charge in [-0.25, -0.2) is 4.72 Å². The summed E-state index contributed by atoms with van der Waals surface area (Å²) in [5.74, 6) is -0.118. The summed E-state index contributed by atoms with van der Waals surface area (Å²) in [4.78, 5) is 2.09. The Kier molecular flexibility index (Phi) is 4.48. The van der Waals surface area contributed by atoms with E-state index < -0.39 is 15.7 Å². The Labute approximate surface area is 102 Å². The zero-order chi connectivity index (χ0) is 13.1. The van der Waals surface area contributed by atoms with E-state index in [1.54, 1.807) is 6.92 Å². The minimum absolute atomic E-state index is 0.118. The van der Waals surface area contributed by atoms with Crippen molar-refractivity contribution < 1.29 is 8.42 Å². The van der Waals surface area contributed by atoms with Crippen molar-refractivity contribution >= 4 is 16.0 Å². The minimum Gasteiger partial charge on any atom is -0.386 e. The molecule has 0 spiro atoms. The van der Waals surface area contributed by atoms with Gasteiger partial charge in [-0.2, -0.15) is 13.1 Å². The van der Waals surface area contributed by atoms with Crippen LogP contribution in [0.4, 0.5) is 0 Å². The summed E-state index contributed by atoms with van der Waals surface area (Å²) in [5.41, 5.74) is 4.62. The van der Waals surface area contributed by atoms with Gasteiger partial charge in [-0.05, 0) is 19.9 Å². The molecule has 7 nitrogen and oxygen atoms in total. The predicted octanol–water partition coefficient (Wildman–Crippen LogP) is -1.17. The van der Waals surface area contributed by atoms with Gasteiger partial charge in [0.25, 0.3) is 10.2 Å². The van der Waals surface area contributed by atoms with Gasteiger partial charge in [0.1, 0.15) is 5.84 Å². The fraction of sp³-hybridized carbons (Fsp3) is 0.889. The van der Waals surface area contributed by atoms with Crippen molar-refractivity contribution in [2.45, 2.75) is 25.3 Å². The van der Waals surface area contributed by atoms with Gasteiger partial charge in [0.15, 0.2) is 0 Å². The Morgan fingerprint density at radius 2 is 2.00 bits per heavy atom. The zero-order valence-electron chi connectivity index (χ0n) is 10.3. The topological polar surface area (TPSA) is 111 Å². The van der Waals surface area contributed by atoms with Crippen LogP contribution in [0.15, 0.2) is 0 Å². The molecule has 0 radical (unpaired) electrons. The van der Waals surface area contributed by atoms with Gasteiger partial charge in [0.05, 0.1) is 5.54 Å². The average molecular weight is 263 g/mol. The van der Waals surface area contributed by atoms with Crippen LogP contribution in [0, 0.1) is 5.41 Å². The average Bonchev–Trinajstić information content (AvgIpc) is 2.21. The Bertz CT molecular complexity index is 373. The highest BCUT2D eigenvalue weighted by atomic mass is 32.2. The maximum Gasteiger partial charge on any atom is 0.277 e. The molecule has 1 saturated heterocycles. The Balaban J connectivity index is 2.84. The van der Waals surface area contributed by atoms with Crippen LogP contribution < -0.4 is 15.2 Å². The molecule has 0 aromatic carbocycles. The standard InChI is InChI=1S/C9H21N5O2S/c1-3-12-17(15,16)13-9(8(10)11)4-6-14(2)7-5-9/h12-13H,3-7H2,1-2H3,(H3,10,11). The number of piperidine rings is 1. The first kappa shape index (κ1) is 14.4. The third kappa shape index (κ3) is 3.63. The second kappa shape index (κ2) is 5.30. The fourth-order valence-corrected chi connectivity index (χ4v) is 3.19. The molecule has 0 aliphatic carbocycles. The fourth-order valence-electron chi connectivity index (χ4n) is 1.91. The summed E-state index contributed by atoms with van der Waals surface area (Å²) in [6.07, 6.45) is 1.03. The number of rotatable bonds is 5. The van der Waals surface area contributed by atoms with Crippen LogP contribution in [0.2, 0.25) is 0 Å². The van der Waals surface area contributed by atoms with Gasteiger partial charge < -0.3 is 10.6 Å². The number of nitrogens with two attached hydrogens (primary N) is 1. The van der Waals surface area contributed by atoms with Crippen molar-refractivity contribution in [1.29, 1.82) is 5.41 Å². The number of likely N-dealkylation sites (tertiary alicyclic amines) is 1. The molecule has 17 heavy (non-hydrogen) atoms. The molecular weight excluding hydrogens is 242 g/mol. The predicted molar refractivity (Wildman–Crippen MR) is 67.1 cm³/mol. The molecule has 1 aliphatic heterocycles. The Morgan fingerprint density at radius 1 is 1.47 bits per heavy atom. The SMILES string of the molecule is CCNS(=O)(=O)NC1(C(=N)N)CCN(C)CC1. The molecule has 5 N–H and O–H groups in total. The second-order valence-corrected chi connectivity index (χ2v) is 5.90. The van der Waals surface area contributed by atoms with E-state index in [4.69, 9.17) is 11.1 Å². The zero-order valence-corrected chi connectivity index (χ0v) is 11.1. The van der Waals surface area contributed by atoms with Crippen molar-refractivity contribution in [1.82, 2.24) is 14.3 Å². The summed E-state index contributed by atoms with van der Waals surface area (Å²) < 4.78 is 28.3. The van der Waals surface area contributed by atoms with E-state index in [-0.39, 0.29) is 5.84 Å². The summed E-state index contributed by atoms with van der Waals surface area (Å²) >= 11 is 0. The molecule has 0 unspecified atom stereocenters. The van der Waals surface area contributed by atoms with Crippen LogP contribution in [0.5, 0.6) is 0 Å². The molecule has 0 bridgehead atoms. The highest BCUT2D eigenvalue weighted by Gasteiger charge is 2.40. The minimum atomic E-state index is -3.59. The first-order chi connectivity index (χ1) is 7.81. The molecule has 1 aliphatic rings. The molecule has 8 heteroatoms. The van der Waals surface area contributed by atoms with E-state index >= 15 is 0 Å². The van der Waals surface area contributed by atoms with E-state index in [2.05, 4.69) is 14.3 Å². The van der Waals surface area contributed by atoms with Crippen molar-refractivity contribution in [3.8, 4) is 0 Å². The quantitative estimate of drug-likeness (QED) is 0.370. The van der Waals surface area contributed by atoms with Gasteiger partial charge in [0, 0.05) is 19.6 Å². The maximum absolute atomic E-state index is 11.7. The molecule has 0 aromatic rings. The number of nitrogens with one attached hydrogen (secondary N) is 3. The smallest absolute Gasteiger partial charge is 0.277 e. The molecular formula is C9H21N5O2S. The van der Waals surface area contributed by atoms with Gasteiger partial charge >= 0.3 is 0 Å². The summed E-state index contributed by atoms with van der Waals surface area (Å²) in [6, 6.07) is 0. The lowest BCUT2D eigenvalue weighted by atomic mass is 9.88. The molecule has 1 rings (SSSR count). The molecule has 1 heterocycles. The molecule has 100 valence electrons. The normalized spacial score (nSPS) is 21.3. The van der Waals surface area contributed by atoms with Gasteiger partial charge in [-0.3, -0.25) is 5.41 Å². The molecule has 1 fully saturated rings. The van der Waals surface area contributed by atoms with Gasteiger partial charge in [-0.15, -0.1) is 0 Å². The summed E-state index contributed by atoms with van der Waals surface area (Å²) in [7, 11) is -1.63. The second-order valence-electron chi connectivity index (χ2n) is 4.40. The highest BCUT2D eigenvalue weighted by molar-refractivity contribution is 7.87. The third-order valence-corrected chi connectivity index (χ3v) is 4.35. The largest absolute Gasteiger partial charge is 0.386 e. The number of nitrogens with zero attached hydrogens (tertiary/aromatic N) is 1. The van der Waals surface area contributed by atoms with Crippen molar-refractivity contribution in [3.63, 3.8) is 0 Å². The third-order valence-electron chi connectivity index (χ3n) is 3.02. The van der Waals surface area contributed by atoms with Gasteiger partial charge in [-0.1, -0.05) is 6.92 Å². The van der Waals surface area contributed by atoms with Crippen LogP contribution in [-0.2, 0) is 10.2 Å². The van der Waals surface area contributed by atoms with E-state index in [0.29, 0.717) is 32.5 Å².